The number of hydrogen-bond acceptors (Lipinski definition) is 6. The molecule has 0 fully saturated rings. The van der Waals surface area contributed by atoms with Gasteiger partial charge in [0, 0.05) is 22.2 Å². The third kappa shape index (κ3) is 5.03. The van der Waals surface area contributed by atoms with Crippen LogP contribution in [0.5, 0.6) is 11.5 Å². The molecule has 0 spiro atoms. The van der Waals surface area contributed by atoms with Gasteiger partial charge in [-0.15, -0.1) is 0 Å². The number of ether oxygens (including phenoxy) is 1. The van der Waals surface area contributed by atoms with Crippen molar-refractivity contribution in [3.05, 3.63) is 77.0 Å². The number of aromatic nitrogens is 1. The summed E-state index contributed by atoms with van der Waals surface area (Å²) < 4.78 is 5.93. The van der Waals surface area contributed by atoms with E-state index >= 15 is 0 Å². The average Bonchev–Trinajstić information content (AvgIpc) is 2.72. The van der Waals surface area contributed by atoms with Crippen LogP contribution in [0.4, 0.5) is 0 Å². The second-order valence-corrected chi connectivity index (χ2v) is 7.53. The van der Waals surface area contributed by atoms with Crippen LogP contribution in [0.15, 0.2) is 64.6 Å². The van der Waals surface area contributed by atoms with Crippen molar-refractivity contribution in [1.82, 2.24) is 4.98 Å². The molecule has 0 unspecified atom stereocenters. The summed E-state index contributed by atoms with van der Waals surface area (Å²) in [4.78, 5) is 27.8. The summed E-state index contributed by atoms with van der Waals surface area (Å²) in [5.74, 6) is 0.372. The molecule has 5 nitrogen and oxygen atoms in total. The van der Waals surface area contributed by atoms with Crippen LogP contribution >= 0.6 is 11.8 Å². The van der Waals surface area contributed by atoms with E-state index in [0.29, 0.717) is 35.5 Å². The molecular formula is C23H21NO4S. The Hall–Kier alpha value is -3.12. The quantitative estimate of drug-likeness (QED) is 0.414. The highest BCUT2D eigenvalue weighted by molar-refractivity contribution is 7.99. The SMILES string of the molecule is CCc1c(OCc2cccc(Sc3cc(C=O)ccn3)c2)ccc(C(C)=O)c1O. The third-order valence-corrected chi connectivity index (χ3v) is 5.30. The maximum Gasteiger partial charge on any atom is 0.163 e. The molecule has 6 heteroatoms. The monoisotopic (exact) mass is 407 g/mol. The number of benzene rings is 2. The van der Waals surface area contributed by atoms with E-state index in [1.807, 2.05) is 31.2 Å². The number of aromatic hydroxyl groups is 1. The Morgan fingerprint density at radius 3 is 2.76 bits per heavy atom. The Morgan fingerprint density at radius 2 is 2.03 bits per heavy atom. The fraction of sp³-hybridized carbons (Fsp3) is 0.174. The molecule has 0 aliphatic rings. The van der Waals surface area contributed by atoms with Crippen LogP contribution in [-0.2, 0) is 13.0 Å². The van der Waals surface area contributed by atoms with E-state index in [1.54, 1.807) is 30.5 Å². The minimum absolute atomic E-state index is 0.0112. The second-order valence-electron chi connectivity index (χ2n) is 6.43. The zero-order chi connectivity index (χ0) is 20.8. The molecule has 0 atom stereocenters. The molecule has 0 saturated carbocycles. The molecule has 1 N–H and O–H groups in total. The fourth-order valence-corrected chi connectivity index (χ4v) is 3.82. The van der Waals surface area contributed by atoms with Gasteiger partial charge in [-0.3, -0.25) is 9.59 Å². The Balaban J connectivity index is 1.75. The number of aldehydes is 1. The largest absolute Gasteiger partial charge is 0.507 e. The number of Topliss-reactive ketones (excluding diaryl/α,β-unsaturated/α-hetero) is 1. The minimum atomic E-state index is -0.180. The zero-order valence-corrected chi connectivity index (χ0v) is 17.0. The Labute approximate surface area is 173 Å². The van der Waals surface area contributed by atoms with E-state index < -0.39 is 0 Å². The normalized spacial score (nSPS) is 10.6. The lowest BCUT2D eigenvalue weighted by Gasteiger charge is -2.14. The summed E-state index contributed by atoms with van der Waals surface area (Å²) in [5.41, 5.74) is 2.47. The first-order chi connectivity index (χ1) is 14.0. The van der Waals surface area contributed by atoms with Crippen molar-refractivity contribution in [2.24, 2.45) is 0 Å². The number of carbonyl (C=O) groups is 2. The molecule has 0 radical (unpaired) electrons. The van der Waals surface area contributed by atoms with Gasteiger partial charge in [0.05, 0.1) is 5.56 Å². The lowest BCUT2D eigenvalue weighted by atomic mass is 10.0. The summed E-state index contributed by atoms with van der Waals surface area (Å²) in [6.45, 7) is 3.66. The molecule has 0 amide bonds. The molecule has 1 heterocycles. The Kier molecular flexibility index (Phi) is 6.67. The second kappa shape index (κ2) is 9.39. The van der Waals surface area contributed by atoms with E-state index in [4.69, 9.17) is 4.74 Å². The van der Waals surface area contributed by atoms with Gasteiger partial charge in [-0.1, -0.05) is 30.8 Å². The van der Waals surface area contributed by atoms with E-state index in [0.717, 1.165) is 21.8 Å². The van der Waals surface area contributed by atoms with Crippen LogP contribution in [0, 0.1) is 0 Å². The molecule has 29 heavy (non-hydrogen) atoms. The van der Waals surface area contributed by atoms with Crippen LogP contribution < -0.4 is 4.74 Å². The predicted molar refractivity (Wildman–Crippen MR) is 112 cm³/mol. The standard InChI is InChI=1S/C23H21NO4S/c1-3-19-21(8-7-20(15(2)26)23(19)27)28-14-17-5-4-6-18(11-17)29-22-12-16(13-25)9-10-24-22/h4-13,27H,3,14H2,1-2H3. The van der Waals surface area contributed by atoms with Crippen LogP contribution in [0.25, 0.3) is 0 Å². The van der Waals surface area contributed by atoms with Gasteiger partial charge < -0.3 is 9.84 Å². The van der Waals surface area contributed by atoms with Crippen LogP contribution in [0.2, 0.25) is 0 Å². The van der Waals surface area contributed by atoms with E-state index in [2.05, 4.69) is 4.98 Å². The molecule has 3 aromatic rings. The van der Waals surface area contributed by atoms with Gasteiger partial charge in [-0.25, -0.2) is 4.98 Å². The maximum atomic E-state index is 11.6. The van der Waals surface area contributed by atoms with Crippen molar-refractivity contribution in [3.63, 3.8) is 0 Å². The van der Waals surface area contributed by atoms with Crippen molar-refractivity contribution in [3.8, 4) is 11.5 Å². The van der Waals surface area contributed by atoms with E-state index in [9.17, 15) is 14.7 Å². The summed E-state index contributed by atoms with van der Waals surface area (Å²) in [7, 11) is 0. The number of ketones is 1. The van der Waals surface area contributed by atoms with Crippen LogP contribution in [0.1, 0.15) is 45.7 Å². The number of rotatable bonds is 8. The van der Waals surface area contributed by atoms with Gasteiger partial charge in [0.2, 0.25) is 0 Å². The topological polar surface area (TPSA) is 76.5 Å². The van der Waals surface area contributed by atoms with Gasteiger partial charge in [-0.05, 0) is 55.3 Å². The average molecular weight is 407 g/mol. The minimum Gasteiger partial charge on any atom is -0.507 e. The van der Waals surface area contributed by atoms with Crippen LogP contribution in [-0.4, -0.2) is 22.2 Å². The molecule has 3 rings (SSSR count). The molecule has 148 valence electrons. The molecule has 0 saturated heterocycles. The first-order valence-corrected chi connectivity index (χ1v) is 10.00. The van der Waals surface area contributed by atoms with Crippen LogP contribution in [0.3, 0.4) is 0 Å². The number of phenolic OH excluding ortho intramolecular Hbond substituents is 1. The highest BCUT2D eigenvalue weighted by atomic mass is 32.2. The third-order valence-electron chi connectivity index (χ3n) is 4.38. The van der Waals surface area contributed by atoms with Crippen molar-refractivity contribution in [1.29, 1.82) is 0 Å². The van der Waals surface area contributed by atoms with Crippen molar-refractivity contribution < 1.29 is 19.4 Å². The molecule has 0 bridgehead atoms. The fourth-order valence-electron chi connectivity index (χ4n) is 2.91. The highest BCUT2D eigenvalue weighted by Gasteiger charge is 2.15. The zero-order valence-electron chi connectivity index (χ0n) is 16.2. The molecular weight excluding hydrogens is 386 g/mol. The molecule has 0 aliphatic heterocycles. The maximum absolute atomic E-state index is 11.6. The first-order valence-electron chi connectivity index (χ1n) is 9.18. The lowest BCUT2D eigenvalue weighted by molar-refractivity contribution is 0.101. The van der Waals surface area contributed by atoms with Crippen molar-refractivity contribution in [2.75, 3.05) is 0 Å². The van der Waals surface area contributed by atoms with E-state index in [-0.39, 0.29) is 11.5 Å². The number of hydrogen-bond donors (Lipinski definition) is 1. The Morgan fingerprint density at radius 1 is 1.21 bits per heavy atom. The number of pyridine rings is 1. The van der Waals surface area contributed by atoms with Gasteiger partial charge in [0.1, 0.15) is 29.4 Å². The summed E-state index contributed by atoms with van der Waals surface area (Å²) in [5, 5.41) is 11.1. The molecule has 1 aromatic heterocycles. The summed E-state index contributed by atoms with van der Waals surface area (Å²) in [6.07, 6.45) is 2.97. The van der Waals surface area contributed by atoms with Gasteiger partial charge in [0.25, 0.3) is 0 Å². The summed E-state index contributed by atoms with van der Waals surface area (Å²) in [6, 6.07) is 14.6. The van der Waals surface area contributed by atoms with Gasteiger partial charge in [-0.2, -0.15) is 0 Å². The lowest BCUT2D eigenvalue weighted by Crippen LogP contribution is -2.02. The van der Waals surface area contributed by atoms with E-state index in [1.165, 1.54) is 18.7 Å². The highest BCUT2D eigenvalue weighted by Crippen LogP contribution is 2.33. The predicted octanol–water partition coefficient (Wildman–Crippen LogP) is 5.09. The molecule has 2 aromatic carbocycles. The molecule has 0 aliphatic carbocycles. The summed E-state index contributed by atoms with van der Waals surface area (Å²) >= 11 is 1.47. The number of nitrogens with zero attached hydrogens (tertiary/aromatic N) is 1. The van der Waals surface area contributed by atoms with Gasteiger partial charge >= 0.3 is 0 Å². The number of phenols is 1. The number of carbonyl (C=O) groups excluding carboxylic acids is 2. The Bertz CT molecular complexity index is 1050. The first kappa shape index (κ1) is 20.6. The van der Waals surface area contributed by atoms with Gasteiger partial charge in [0.15, 0.2) is 5.78 Å². The smallest absolute Gasteiger partial charge is 0.163 e. The van der Waals surface area contributed by atoms with Crippen molar-refractivity contribution in [2.45, 2.75) is 36.8 Å². The van der Waals surface area contributed by atoms with Crippen molar-refractivity contribution >= 4 is 23.8 Å².